The van der Waals surface area contributed by atoms with Crippen molar-refractivity contribution in [1.82, 2.24) is 0 Å². The van der Waals surface area contributed by atoms with Gasteiger partial charge in [0.25, 0.3) is 0 Å². The van der Waals surface area contributed by atoms with Gasteiger partial charge in [-0.25, -0.2) is 0 Å². The Balaban J connectivity index is 3.05. The van der Waals surface area contributed by atoms with Gasteiger partial charge in [0.1, 0.15) is 0 Å². The van der Waals surface area contributed by atoms with E-state index >= 15 is 0 Å². The molecule has 1 N–H and O–H groups in total. The molecule has 7 heteroatoms. The molecule has 0 aromatic heterocycles. The lowest BCUT2D eigenvalue weighted by Crippen LogP contribution is -2.48. The van der Waals surface area contributed by atoms with Gasteiger partial charge >= 0.3 is 0 Å². The summed E-state index contributed by atoms with van der Waals surface area (Å²) < 4.78 is 20.9. The van der Waals surface area contributed by atoms with Crippen LogP contribution in [0.1, 0.15) is 101 Å². The van der Waals surface area contributed by atoms with Crippen molar-refractivity contribution >= 4 is 25.0 Å². The largest absolute Gasteiger partial charge is 0.414 e. The lowest BCUT2D eigenvalue weighted by atomic mass is 9.87. The summed E-state index contributed by atoms with van der Waals surface area (Å²) >= 11 is 0. The van der Waals surface area contributed by atoms with Crippen LogP contribution in [0, 0.1) is 17.8 Å². The standard InChI is InChI=1S/C31H68O4Si3/c1-15-38(16-2,17-3)35-29-23-26(22-28(29)25(4)20-21-32)18-19-27(34-37(13,14)31(8,9)10)24-33-36(11,12)30(5,6)7/h25-29,32H,15-24H2,1-14H3/t25-,26?,27+,28?,29-/m0/s1. The van der Waals surface area contributed by atoms with Gasteiger partial charge in [-0.15, -0.1) is 0 Å². The third kappa shape index (κ3) is 10.1. The topological polar surface area (TPSA) is 47.9 Å². The summed E-state index contributed by atoms with van der Waals surface area (Å²) in [5.41, 5.74) is 0. The fraction of sp³-hybridized carbons (Fsp3) is 1.00. The minimum Gasteiger partial charge on any atom is -0.414 e. The molecule has 0 saturated heterocycles. The third-order valence-corrected chi connectivity index (χ3v) is 24.6. The van der Waals surface area contributed by atoms with Crippen LogP contribution >= 0.6 is 0 Å². The van der Waals surface area contributed by atoms with Crippen molar-refractivity contribution in [2.45, 2.75) is 168 Å². The lowest BCUT2D eigenvalue weighted by molar-refractivity contribution is 0.0935. The molecule has 1 fully saturated rings. The molecule has 1 aliphatic carbocycles. The average molecular weight is 589 g/mol. The van der Waals surface area contributed by atoms with Crippen molar-refractivity contribution < 1.29 is 18.4 Å². The number of hydrogen-bond donors (Lipinski definition) is 1. The highest BCUT2D eigenvalue weighted by Crippen LogP contribution is 2.45. The van der Waals surface area contributed by atoms with Crippen LogP contribution in [0.3, 0.4) is 0 Å². The zero-order chi connectivity index (χ0) is 29.6. The van der Waals surface area contributed by atoms with E-state index in [1.165, 1.54) is 37.4 Å². The van der Waals surface area contributed by atoms with Crippen molar-refractivity contribution in [3.63, 3.8) is 0 Å². The maximum atomic E-state index is 9.70. The molecule has 1 saturated carbocycles. The second kappa shape index (κ2) is 14.6. The number of rotatable bonds is 16. The second-order valence-electron chi connectivity index (χ2n) is 15.5. The van der Waals surface area contributed by atoms with E-state index in [1.807, 2.05) is 0 Å². The highest BCUT2D eigenvalue weighted by atomic mass is 28.4. The molecule has 0 aliphatic heterocycles. The van der Waals surface area contributed by atoms with Gasteiger partial charge in [-0.1, -0.05) is 69.2 Å². The summed E-state index contributed by atoms with van der Waals surface area (Å²) in [6.07, 6.45) is 6.05. The van der Waals surface area contributed by atoms with E-state index in [0.717, 1.165) is 19.4 Å². The van der Waals surface area contributed by atoms with E-state index in [4.69, 9.17) is 13.3 Å². The third-order valence-electron chi connectivity index (χ3n) is 10.9. The monoisotopic (exact) mass is 588 g/mol. The van der Waals surface area contributed by atoms with Crippen molar-refractivity contribution in [3.05, 3.63) is 0 Å². The first-order valence-electron chi connectivity index (χ1n) is 15.9. The Labute approximate surface area is 241 Å². The zero-order valence-electron chi connectivity index (χ0n) is 28.1. The fourth-order valence-electron chi connectivity index (χ4n) is 5.55. The summed E-state index contributed by atoms with van der Waals surface area (Å²) in [5, 5.41) is 10.1. The normalized spacial score (nSPS) is 23.6. The van der Waals surface area contributed by atoms with E-state index in [2.05, 4.69) is 95.4 Å². The molecule has 38 heavy (non-hydrogen) atoms. The van der Waals surface area contributed by atoms with Crippen LogP contribution in [0.5, 0.6) is 0 Å². The van der Waals surface area contributed by atoms with Crippen molar-refractivity contribution in [1.29, 1.82) is 0 Å². The maximum absolute atomic E-state index is 9.70. The quantitative estimate of drug-likeness (QED) is 0.182. The molecule has 0 aromatic carbocycles. The molecule has 1 rings (SSSR count). The molecule has 2 unspecified atom stereocenters. The van der Waals surface area contributed by atoms with Crippen molar-refractivity contribution in [2.24, 2.45) is 17.8 Å². The second-order valence-corrected chi connectivity index (χ2v) is 29.8. The summed E-state index contributed by atoms with van der Waals surface area (Å²) in [4.78, 5) is 0. The Morgan fingerprint density at radius 1 is 0.816 bits per heavy atom. The highest BCUT2D eigenvalue weighted by molar-refractivity contribution is 6.75. The van der Waals surface area contributed by atoms with E-state index in [1.54, 1.807) is 0 Å². The number of aliphatic hydroxyl groups excluding tert-OH is 1. The molecule has 0 amide bonds. The van der Waals surface area contributed by atoms with Crippen LogP contribution in [0.15, 0.2) is 0 Å². The smallest absolute Gasteiger partial charge is 0.192 e. The first-order chi connectivity index (χ1) is 17.3. The van der Waals surface area contributed by atoms with E-state index in [0.29, 0.717) is 23.9 Å². The first-order valence-corrected chi connectivity index (χ1v) is 24.2. The van der Waals surface area contributed by atoms with Gasteiger partial charge in [-0.3, -0.25) is 0 Å². The predicted octanol–water partition coefficient (Wildman–Crippen LogP) is 9.61. The van der Waals surface area contributed by atoms with Gasteiger partial charge < -0.3 is 18.4 Å². The van der Waals surface area contributed by atoms with Gasteiger partial charge in [0.15, 0.2) is 25.0 Å². The van der Waals surface area contributed by atoms with Crippen LogP contribution in [-0.4, -0.2) is 55.5 Å². The minimum atomic E-state index is -1.90. The molecular weight excluding hydrogens is 521 g/mol. The van der Waals surface area contributed by atoms with Crippen LogP contribution < -0.4 is 0 Å². The molecule has 228 valence electrons. The van der Waals surface area contributed by atoms with Crippen LogP contribution in [0.25, 0.3) is 0 Å². The Bertz CT molecular complexity index is 671. The van der Waals surface area contributed by atoms with E-state index in [9.17, 15) is 5.11 Å². The SMILES string of the molecule is CC[Si](CC)(CC)O[C@H]1CC(CC[C@H](CO[Si](C)(C)C(C)(C)C)O[Si](C)(C)C(C)(C)C)CC1[C@@H](C)CCO. The molecule has 0 spiro atoms. The number of aliphatic hydroxyl groups is 1. The maximum Gasteiger partial charge on any atom is 0.192 e. The summed E-state index contributed by atoms with van der Waals surface area (Å²) in [6.45, 7) is 33.8. The van der Waals surface area contributed by atoms with Gasteiger partial charge in [-0.2, -0.15) is 0 Å². The molecular formula is C31H68O4Si3. The summed E-state index contributed by atoms with van der Waals surface area (Å²) in [7, 11) is -5.41. The Kier molecular flexibility index (Phi) is 14.0. The molecule has 0 bridgehead atoms. The molecule has 0 aromatic rings. The molecule has 0 radical (unpaired) electrons. The molecule has 0 heterocycles. The van der Waals surface area contributed by atoms with Gasteiger partial charge in [0.05, 0.1) is 12.7 Å². The van der Waals surface area contributed by atoms with Crippen molar-refractivity contribution in [2.75, 3.05) is 13.2 Å². The molecule has 4 nitrogen and oxygen atoms in total. The Morgan fingerprint density at radius 3 is 1.79 bits per heavy atom. The van der Waals surface area contributed by atoms with Gasteiger partial charge in [0.2, 0.25) is 0 Å². The van der Waals surface area contributed by atoms with Gasteiger partial charge in [-0.05, 0) is 104 Å². The zero-order valence-corrected chi connectivity index (χ0v) is 31.1. The molecule has 1 aliphatic rings. The van der Waals surface area contributed by atoms with Crippen LogP contribution in [-0.2, 0) is 13.3 Å². The van der Waals surface area contributed by atoms with Crippen LogP contribution in [0.2, 0.25) is 54.4 Å². The number of hydrogen-bond acceptors (Lipinski definition) is 4. The molecule has 5 atom stereocenters. The summed E-state index contributed by atoms with van der Waals surface area (Å²) in [5.74, 6) is 1.74. The first kappa shape index (κ1) is 36.5. The Morgan fingerprint density at radius 2 is 1.34 bits per heavy atom. The van der Waals surface area contributed by atoms with E-state index < -0.39 is 25.0 Å². The van der Waals surface area contributed by atoms with Crippen molar-refractivity contribution in [3.8, 4) is 0 Å². The fourth-order valence-corrected chi connectivity index (χ4v) is 10.9. The predicted molar refractivity (Wildman–Crippen MR) is 174 cm³/mol. The lowest BCUT2D eigenvalue weighted by Gasteiger charge is -2.42. The van der Waals surface area contributed by atoms with Gasteiger partial charge in [0, 0.05) is 12.7 Å². The minimum absolute atomic E-state index is 0.161. The van der Waals surface area contributed by atoms with Crippen LogP contribution in [0.4, 0.5) is 0 Å². The Hall–Kier alpha value is 0.491. The van der Waals surface area contributed by atoms with E-state index in [-0.39, 0.29) is 22.8 Å². The summed E-state index contributed by atoms with van der Waals surface area (Å²) in [6, 6.07) is 3.61. The highest BCUT2D eigenvalue weighted by Gasteiger charge is 2.44. The average Bonchev–Trinajstić information content (AvgIpc) is 3.20.